The molecule has 13 heteroatoms. The summed E-state index contributed by atoms with van der Waals surface area (Å²) in [6.07, 6.45) is 12.7. The number of hydrogen-bond donors (Lipinski definition) is 3. The Morgan fingerprint density at radius 2 is 1.87 bits per heavy atom. The van der Waals surface area contributed by atoms with Crippen LogP contribution in [0.15, 0.2) is 49.2 Å². The number of pyridine rings is 1. The lowest BCUT2D eigenvalue weighted by Crippen LogP contribution is -2.35. The van der Waals surface area contributed by atoms with Crippen molar-refractivity contribution in [2.75, 3.05) is 10.6 Å². The number of aryl methyl sites for hydroxylation is 1. The predicted molar refractivity (Wildman–Crippen MR) is 147 cm³/mol. The predicted octanol–water partition coefficient (Wildman–Crippen LogP) is 3.33. The van der Waals surface area contributed by atoms with Crippen LogP contribution in [-0.4, -0.2) is 64.3 Å². The largest absolute Gasteiger partial charge is 0.390 e. The number of anilines is 3. The molecule has 4 aromatic heterocycles. The molecule has 3 N–H and O–H groups in total. The third kappa shape index (κ3) is 5.50. The molecule has 0 aromatic carbocycles. The van der Waals surface area contributed by atoms with E-state index in [4.69, 9.17) is 0 Å². The third-order valence-corrected chi connectivity index (χ3v) is 9.29. The molecule has 0 radical (unpaired) electrons. The smallest absolute Gasteiger partial charge is 0.256 e. The van der Waals surface area contributed by atoms with Gasteiger partial charge in [0.15, 0.2) is 5.82 Å². The van der Waals surface area contributed by atoms with Gasteiger partial charge in [-0.2, -0.15) is 14.3 Å². The van der Waals surface area contributed by atoms with Crippen molar-refractivity contribution in [3.05, 3.63) is 49.2 Å². The van der Waals surface area contributed by atoms with Crippen molar-refractivity contribution in [1.82, 2.24) is 33.9 Å². The quantitative estimate of drug-likeness (QED) is 0.298. The van der Waals surface area contributed by atoms with Gasteiger partial charge in [-0.1, -0.05) is 0 Å². The van der Waals surface area contributed by atoms with Crippen molar-refractivity contribution in [1.29, 1.82) is 0 Å². The van der Waals surface area contributed by atoms with Gasteiger partial charge in [-0.3, -0.25) is 4.68 Å². The molecule has 0 atom stereocenters. The van der Waals surface area contributed by atoms with Crippen LogP contribution in [0.2, 0.25) is 0 Å². The van der Waals surface area contributed by atoms with Crippen molar-refractivity contribution in [3.8, 4) is 22.6 Å². The van der Waals surface area contributed by atoms with Gasteiger partial charge in [-0.05, 0) is 57.6 Å². The van der Waals surface area contributed by atoms with E-state index in [1.165, 1.54) is 12.4 Å². The molecule has 12 nitrogen and oxygen atoms in total. The molecular weight excluding hydrogens is 518 g/mol. The minimum atomic E-state index is -3.46. The van der Waals surface area contributed by atoms with Gasteiger partial charge in [0.25, 0.3) is 10.0 Å². The highest BCUT2D eigenvalue weighted by molar-refractivity contribution is 7.90. The Hall–Kier alpha value is -3.84. The number of hydrogen-bond acceptors (Lipinski definition) is 10. The molecule has 0 bridgehead atoms. The van der Waals surface area contributed by atoms with E-state index in [-0.39, 0.29) is 11.3 Å². The fourth-order valence-corrected chi connectivity index (χ4v) is 6.26. The third-order valence-electron chi connectivity index (χ3n) is 7.25. The van der Waals surface area contributed by atoms with Crippen LogP contribution >= 0.6 is 0 Å². The second-order valence-corrected chi connectivity index (χ2v) is 12.7. The lowest BCUT2D eigenvalue weighted by molar-refractivity contribution is 0.0196. The van der Waals surface area contributed by atoms with Crippen molar-refractivity contribution in [2.24, 2.45) is 7.05 Å². The highest BCUT2D eigenvalue weighted by Gasteiger charge is 2.37. The number of aromatic nitrogens is 7. The summed E-state index contributed by atoms with van der Waals surface area (Å²) >= 11 is 0. The first-order chi connectivity index (χ1) is 18.7. The van der Waals surface area contributed by atoms with Gasteiger partial charge in [0, 0.05) is 49.0 Å². The first-order valence-electron chi connectivity index (χ1n) is 13.0. The number of nitrogens with one attached hydrogen (secondary N) is 2. The maximum absolute atomic E-state index is 12.5. The van der Waals surface area contributed by atoms with Crippen LogP contribution < -0.4 is 10.6 Å². The van der Waals surface area contributed by atoms with Crippen molar-refractivity contribution in [2.45, 2.75) is 62.3 Å². The minimum Gasteiger partial charge on any atom is -0.390 e. The van der Waals surface area contributed by atoms with Crippen LogP contribution in [0.3, 0.4) is 0 Å². The van der Waals surface area contributed by atoms with Crippen molar-refractivity contribution >= 4 is 27.3 Å². The summed E-state index contributed by atoms with van der Waals surface area (Å²) in [5.74, 6) is 1.45. The summed E-state index contributed by atoms with van der Waals surface area (Å²) in [5.41, 5.74) is 2.47. The van der Waals surface area contributed by atoms with Gasteiger partial charge >= 0.3 is 0 Å². The summed E-state index contributed by atoms with van der Waals surface area (Å²) in [7, 11) is -1.59. The topological polar surface area (TPSA) is 153 Å². The minimum absolute atomic E-state index is 0.219. The molecule has 2 aliphatic rings. The fourth-order valence-electron chi connectivity index (χ4n) is 4.79. The van der Waals surface area contributed by atoms with E-state index in [1.54, 1.807) is 23.1 Å². The number of nitrogens with zero attached hydrogens (tertiary/aromatic N) is 7. The van der Waals surface area contributed by atoms with E-state index in [9.17, 15) is 13.5 Å². The first kappa shape index (κ1) is 25.4. The zero-order valence-corrected chi connectivity index (χ0v) is 22.6. The zero-order valence-electron chi connectivity index (χ0n) is 21.8. The first-order valence-corrected chi connectivity index (χ1v) is 14.6. The Bertz CT molecular complexity index is 1600. The van der Waals surface area contributed by atoms with Crippen LogP contribution in [0.25, 0.3) is 22.6 Å². The molecule has 204 valence electrons. The van der Waals surface area contributed by atoms with E-state index in [1.807, 2.05) is 32.3 Å². The molecule has 6 rings (SSSR count). The normalized spacial score (nSPS) is 21.6. The van der Waals surface area contributed by atoms with Gasteiger partial charge in [-0.15, -0.1) is 0 Å². The SMILES string of the molecule is Cn1ccc(-c2cnc(Nc3ccnc(-c4cnn(S(=O)(=O)C5CC5)c4)n3)cc2NC2CCC(C)(O)CC2)n1. The van der Waals surface area contributed by atoms with Crippen molar-refractivity contribution in [3.63, 3.8) is 0 Å². The standard InChI is InChI=1S/C26H31N9O3S/c1-26(36)9-5-18(6-10-26)30-22-13-24(28-15-20(22)21-8-12-34(2)33-21)31-23-7-11-27-25(32-23)17-14-29-35(16-17)39(37,38)19-3-4-19/h7-8,11-16,18-19,36H,3-6,9-10H2,1-2H3,(H2,27,28,30,31,32). The Labute approximate surface area is 226 Å². The lowest BCUT2D eigenvalue weighted by atomic mass is 9.83. The summed E-state index contributed by atoms with van der Waals surface area (Å²) in [6.45, 7) is 1.89. The monoisotopic (exact) mass is 549 g/mol. The zero-order chi connectivity index (χ0) is 27.2. The molecule has 0 saturated heterocycles. The molecule has 4 aromatic rings. The van der Waals surface area contributed by atoms with Gasteiger partial charge in [0.05, 0.1) is 34.5 Å². The molecule has 2 fully saturated rings. The Morgan fingerprint density at radius 1 is 1.08 bits per heavy atom. The molecular formula is C26H31N9O3S. The molecule has 2 saturated carbocycles. The van der Waals surface area contributed by atoms with Crippen LogP contribution in [0.5, 0.6) is 0 Å². The van der Waals surface area contributed by atoms with E-state index in [2.05, 4.69) is 35.8 Å². The average Bonchev–Trinajstić information content (AvgIpc) is 3.50. The van der Waals surface area contributed by atoms with Gasteiger partial charge in [0.1, 0.15) is 11.6 Å². The highest BCUT2D eigenvalue weighted by atomic mass is 32.2. The van der Waals surface area contributed by atoms with Crippen LogP contribution in [-0.2, 0) is 17.1 Å². The van der Waals surface area contributed by atoms with Crippen LogP contribution in [0, 0.1) is 0 Å². The summed E-state index contributed by atoms with van der Waals surface area (Å²) < 4.78 is 27.8. The number of aliphatic hydroxyl groups is 1. The number of rotatable bonds is 8. The fraction of sp³-hybridized carbons (Fsp3) is 0.423. The molecule has 0 aliphatic heterocycles. The maximum atomic E-state index is 12.5. The molecule has 4 heterocycles. The maximum Gasteiger partial charge on any atom is 0.256 e. The van der Waals surface area contributed by atoms with E-state index < -0.39 is 15.6 Å². The van der Waals surface area contributed by atoms with E-state index >= 15 is 0 Å². The molecule has 0 spiro atoms. The molecule has 0 unspecified atom stereocenters. The van der Waals surface area contributed by atoms with Gasteiger partial charge in [-0.25, -0.2) is 23.4 Å². The van der Waals surface area contributed by atoms with Crippen molar-refractivity contribution < 1.29 is 13.5 Å². The Morgan fingerprint density at radius 3 is 2.59 bits per heavy atom. The lowest BCUT2D eigenvalue weighted by Gasteiger charge is -2.34. The molecule has 39 heavy (non-hydrogen) atoms. The second kappa shape index (κ2) is 9.72. The van der Waals surface area contributed by atoms with Crippen LogP contribution in [0.1, 0.15) is 45.4 Å². The average molecular weight is 550 g/mol. The summed E-state index contributed by atoms with van der Waals surface area (Å²) in [6, 6.07) is 5.82. The van der Waals surface area contributed by atoms with Gasteiger partial charge in [0.2, 0.25) is 0 Å². The van der Waals surface area contributed by atoms with Gasteiger partial charge < -0.3 is 15.7 Å². The second-order valence-electron chi connectivity index (χ2n) is 10.6. The van der Waals surface area contributed by atoms with E-state index in [0.717, 1.165) is 46.7 Å². The summed E-state index contributed by atoms with van der Waals surface area (Å²) in [5, 5.41) is 25.5. The Balaban J connectivity index is 1.25. The molecule has 2 aliphatic carbocycles. The highest BCUT2D eigenvalue weighted by Crippen LogP contribution is 2.34. The van der Waals surface area contributed by atoms with E-state index in [0.29, 0.717) is 35.9 Å². The summed E-state index contributed by atoms with van der Waals surface area (Å²) in [4.78, 5) is 13.5. The molecule has 0 amide bonds. The van der Waals surface area contributed by atoms with Crippen LogP contribution in [0.4, 0.5) is 17.3 Å². The Kier molecular flexibility index (Phi) is 6.34.